The van der Waals surface area contributed by atoms with Crippen LogP contribution < -0.4 is 5.73 Å². The predicted octanol–water partition coefficient (Wildman–Crippen LogP) is 0.118. The fraction of sp³-hybridized carbons (Fsp3) is 0.625. The summed E-state index contributed by atoms with van der Waals surface area (Å²) in [4.78, 5) is 10.8. The van der Waals surface area contributed by atoms with Gasteiger partial charge in [0.25, 0.3) is 0 Å². The van der Waals surface area contributed by atoms with Crippen LogP contribution in [0.2, 0.25) is 0 Å². The van der Waals surface area contributed by atoms with Crippen LogP contribution in [0, 0.1) is 0 Å². The van der Waals surface area contributed by atoms with Crippen molar-refractivity contribution in [1.82, 2.24) is 0 Å². The van der Waals surface area contributed by atoms with Crippen LogP contribution in [0.3, 0.4) is 0 Å². The van der Waals surface area contributed by atoms with E-state index < -0.39 is 5.97 Å². The van der Waals surface area contributed by atoms with Gasteiger partial charge in [-0.3, -0.25) is 0 Å². The Bertz CT molecular complexity index is 178. The lowest BCUT2D eigenvalue weighted by Crippen LogP contribution is -2.07. The fourth-order valence-corrected chi connectivity index (χ4v) is 1.13. The Morgan fingerprint density at radius 3 is 2.85 bits per heavy atom. The fourth-order valence-electron chi connectivity index (χ4n) is 0.595. The molecule has 0 saturated carbocycles. The first kappa shape index (κ1) is 12.3. The Balaban J connectivity index is 3.33. The number of ether oxygens (including phenoxy) is 1. The summed E-state index contributed by atoms with van der Waals surface area (Å²) in [7, 11) is 0. The Labute approximate surface area is 82.1 Å². The molecular formula is C8H15NO3S. The van der Waals surface area contributed by atoms with E-state index in [0.717, 1.165) is 0 Å². The summed E-state index contributed by atoms with van der Waals surface area (Å²) in [5.41, 5.74) is 5.71. The van der Waals surface area contributed by atoms with Gasteiger partial charge < -0.3 is 15.6 Å². The van der Waals surface area contributed by atoms with Crippen molar-refractivity contribution in [3.05, 3.63) is 11.8 Å². The number of nitrogens with two attached hydrogens (primary N) is 1. The van der Waals surface area contributed by atoms with Gasteiger partial charge in [-0.25, -0.2) is 4.79 Å². The molecule has 0 aliphatic rings. The molecule has 0 aliphatic heterocycles. The van der Waals surface area contributed by atoms with Crippen molar-refractivity contribution < 1.29 is 14.6 Å². The number of aliphatic hydroxyl groups is 1. The van der Waals surface area contributed by atoms with Crippen molar-refractivity contribution >= 4 is 17.7 Å². The molecule has 5 heteroatoms. The first-order valence-electron chi connectivity index (χ1n) is 3.96. The lowest BCUT2D eigenvalue weighted by molar-refractivity contribution is -0.137. The Morgan fingerprint density at radius 1 is 1.62 bits per heavy atom. The molecule has 0 amide bonds. The van der Waals surface area contributed by atoms with Gasteiger partial charge in [0.1, 0.15) is 6.61 Å². The van der Waals surface area contributed by atoms with Crippen molar-refractivity contribution in [2.24, 2.45) is 5.73 Å². The van der Waals surface area contributed by atoms with Crippen LogP contribution in [-0.2, 0) is 9.53 Å². The van der Waals surface area contributed by atoms with Crippen LogP contribution in [0.4, 0.5) is 0 Å². The van der Waals surface area contributed by atoms with Crippen molar-refractivity contribution in [1.29, 1.82) is 0 Å². The van der Waals surface area contributed by atoms with E-state index in [1.54, 1.807) is 6.92 Å². The number of hydrogen-bond donors (Lipinski definition) is 2. The predicted molar refractivity (Wildman–Crippen MR) is 53.3 cm³/mol. The van der Waals surface area contributed by atoms with Crippen molar-refractivity contribution in [3.8, 4) is 0 Å². The monoisotopic (exact) mass is 205 g/mol. The molecule has 0 heterocycles. The normalized spacial score (nSPS) is 11.4. The summed E-state index contributed by atoms with van der Waals surface area (Å²) in [6.07, 6.45) is 1.25. The maximum absolute atomic E-state index is 10.8. The number of hydrogen-bond acceptors (Lipinski definition) is 5. The van der Waals surface area contributed by atoms with Gasteiger partial charge in [0, 0.05) is 23.3 Å². The highest BCUT2D eigenvalue weighted by molar-refractivity contribution is 7.99. The van der Waals surface area contributed by atoms with E-state index in [1.807, 2.05) is 0 Å². The summed E-state index contributed by atoms with van der Waals surface area (Å²) in [6.45, 7) is 2.13. The molecule has 0 spiro atoms. The molecule has 0 aromatic carbocycles. The highest BCUT2D eigenvalue weighted by Crippen LogP contribution is 1.98. The molecule has 0 atom stereocenters. The van der Waals surface area contributed by atoms with E-state index in [4.69, 9.17) is 15.6 Å². The van der Waals surface area contributed by atoms with E-state index in [-0.39, 0.29) is 6.61 Å². The number of carbonyl (C=O) groups is 1. The van der Waals surface area contributed by atoms with Gasteiger partial charge in [-0.05, 0) is 6.92 Å². The molecule has 0 aromatic rings. The van der Waals surface area contributed by atoms with Gasteiger partial charge >= 0.3 is 5.97 Å². The smallest absolute Gasteiger partial charge is 0.332 e. The summed E-state index contributed by atoms with van der Waals surface area (Å²) in [6, 6.07) is 0. The minimum atomic E-state index is -0.412. The van der Waals surface area contributed by atoms with Crippen LogP contribution in [0.1, 0.15) is 6.92 Å². The van der Waals surface area contributed by atoms with Crippen LogP contribution in [0.15, 0.2) is 11.8 Å². The lowest BCUT2D eigenvalue weighted by Gasteiger charge is -2.01. The number of allylic oxidation sites excluding steroid dienone is 1. The van der Waals surface area contributed by atoms with Gasteiger partial charge in [0.2, 0.25) is 0 Å². The third-order valence-corrected chi connectivity index (χ3v) is 1.98. The molecule has 0 unspecified atom stereocenters. The standard InChI is InChI=1S/C8H15NO3S/c1-7(9)6-8(11)12-3-5-13-4-2-10/h6,10H,2-5,9H2,1H3/b7-6-. The van der Waals surface area contributed by atoms with Gasteiger partial charge in [0.05, 0.1) is 6.61 Å². The number of aliphatic hydroxyl groups excluding tert-OH is 1. The second kappa shape index (κ2) is 7.94. The Morgan fingerprint density at radius 2 is 2.31 bits per heavy atom. The zero-order valence-corrected chi connectivity index (χ0v) is 8.47. The Hall–Kier alpha value is -0.680. The summed E-state index contributed by atoms with van der Waals surface area (Å²) in [5, 5.41) is 8.44. The minimum absolute atomic E-state index is 0.153. The average Bonchev–Trinajstić information content (AvgIpc) is 2.02. The minimum Gasteiger partial charge on any atom is -0.462 e. The first-order valence-corrected chi connectivity index (χ1v) is 5.11. The molecule has 4 nitrogen and oxygen atoms in total. The van der Waals surface area contributed by atoms with Crippen molar-refractivity contribution in [3.63, 3.8) is 0 Å². The molecule has 76 valence electrons. The van der Waals surface area contributed by atoms with E-state index in [9.17, 15) is 4.79 Å². The van der Waals surface area contributed by atoms with E-state index in [1.165, 1.54) is 17.8 Å². The molecule has 13 heavy (non-hydrogen) atoms. The zero-order chi connectivity index (χ0) is 10.1. The number of carbonyl (C=O) groups excluding carboxylic acids is 1. The van der Waals surface area contributed by atoms with Gasteiger partial charge in [0.15, 0.2) is 0 Å². The maximum atomic E-state index is 10.8. The lowest BCUT2D eigenvalue weighted by atomic mass is 10.4. The molecule has 0 aromatic heterocycles. The van der Waals surface area contributed by atoms with Gasteiger partial charge in [-0.2, -0.15) is 11.8 Å². The molecule has 0 rings (SSSR count). The van der Waals surface area contributed by atoms with Crippen molar-refractivity contribution in [2.75, 3.05) is 24.7 Å². The average molecular weight is 205 g/mol. The summed E-state index contributed by atoms with van der Waals surface area (Å²) < 4.78 is 4.80. The molecule has 0 saturated heterocycles. The van der Waals surface area contributed by atoms with Crippen LogP contribution in [0.5, 0.6) is 0 Å². The SMILES string of the molecule is C/C(N)=C/C(=O)OCCSCCO. The molecule has 0 radical (unpaired) electrons. The third-order valence-electron chi connectivity index (χ3n) is 1.05. The number of thioether (sulfide) groups is 1. The van der Waals surface area contributed by atoms with Gasteiger partial charge in [-0.1, -0.05) is 0 Å². The summed E-state index contributed by atoms with van der Waals surface area (Å²) >= 11 is 1.53. The molecule has 0 bridgehead atoms. The first-order chi connectivity index (χ1) is 6.16. The largest absolute Gasteiger partial charge is 0.462 e. The van der Waals surface area contributed by atoms with Crippen LogP contribution in [0.25, 0.3) is 0 Å². The van der Waals surface area contributed by atoms with E-state index in [2.05, 4.69) is 0 Å². The number of esters is 1. The Kier molecular flexibility index (Phi) is 7.53. The molecule has 0 aliphatic carbocycles. The van der Waals surface area contributed by atoms with E-state index in [0.29, 0.717) is 23.8 Å². The van der Waals surface area contributed by atoms with Crippen LogP contribution >= 0.6 is 11.8 Å². The molecular weight excluding hydrogens is 190 g/mol. The zero-order valence-electron chi connectivity index (χ0n) is 7.66. The summed E-state index contributed by atoms with van der Waals surface area (Å²) in [5.74, 6) is 0.956. The molecule has 3 N–H and O–H groups in total. The highest BCUT2D eigenvalue weighted by atomic mass is 32.2. The number of rotatable bonds is 6. The van der Waals surface area contributed by atoms with Crippen molar-refractivity contribution in [2.45, 2.75) is 6.92 Å². The second-order valence-electron chi connectivity index (χ2n) is 2.39. The second-order valence-corrected chi connectivity index (χ2v) is 3.62. The quantitative estimate of drug-likeness (QED) is 0.366. The van der Waals surface area contributed by atoms with Crippen LogP contribution in [-0.4, -0.2) is 35.8 Å². The topological polar surface area (TPSA) is 72.6 Å². The van der Waals surface area contributed by atoms with Gasteiger partial charge in [-0.15, -0.1) is 0 Å². The van der Waals surface area contributed by atoms with E-state index >= 15 is 0 Å². The third kappa shape index (κ3) is 9.23. The highest BCUT2D eigenvalue weighted by Gasteiger charge is 1.97. The molecule has 0 fully saturated rings. The maximum Gasteiger partial charge on any atom is 0.332 e.